The van der Waals surface area contributed by atoms with Gasteiger partial charge in [0.2, 0.25) is 0 Å². The number of hydrogen-bond donors (Lipinski definition) is 2. The van der Waals surface area contributed by atoms with Crippen LogP contribution in [0.3, 0.4) is 0 Å². The summed E-state index contributed by atoms with van der Waals surface area (Å²) in [5.74, 6) is 0. The van der Waals surface area contributed by atoms with Crippen LogP contribution < -0.4 is 10.6 Å². The molecule has 3 heteroatoms. The highest BCUT2D eigenvalue weighted by molar-refractivity contribution is 4.78. The highest BCUT2D eigenvalue weighted by Gasteiger charge is 2.19. The van der Waals surface area contributed by atoms with Crippen LogP contribution in [0.2, 0.25) is 0 Å². The maximum atomic E-state index is 3.58. The van der Waals surface area contributed by atoms with Gasteiger partial charge in [-0.2, -0.15) is 0 Å². The van der Waals surface area contributed by atoms with E-state index in [1.165, 1.54) is 51.6 Å². The molecule has 94 valence electrons. The Labute approximate surface area is 100.0 Å². The van der Waals surface area contributed by atoms with Crippen molar-refractivity contribution in [2.45, 2.75) is 50.6 Å². The number of hydrogen-bond acceptors (Lipinski definition) is 3. The third kappa shape index (κ3) is 3.72. The van der Waals surface area contributed by atoms with Crippen molar-refractivity contribution in [3.8, 4) is 0 Å². The summed E-state index contributed by atoms with van der Waals surface area (Å²) in [4.78, 5) is 2.54. The topological polar surface area (TPSA) is 27.3 Å². The monoisotopic (exact) mass is 225 g/mol. The summed E-state index contributed by atoms with van der Waals surface area (Å²) in [5, 5.41) is 7.10. The first-order valence-corrected chi connectivity index (χ1v) is 7.00. The van der Waals surface area contributed by atoms with Crippen molar-refractivity contribution in [1.82, 2.24) is 15.5 Å². The number of nitrogens with one attached hydrogen (secondary N) is 2. The van der Waals surface area contributed by atoms with Gasteiger partial charge in [-0.1, -0.05) is 12.8 Å². The van der Waals surface area contributed by atoms with Gasteiger partial charge in [0, 0.05) is 31.7 Å². The smallest absolute Gasteiger partial charge is 0.0192 e. The predicted molar refractivity (Wildman–Crippen MR) is 68.8 cm³/mol. The molecule has 1 heterocycles. The Bertz CT molecular complexity index is 184. The van der Waals surface area contributed by atoms with E-state index >= 15 is 0 Å². The van der Waals surface area contributed by atoms with Crippen LogP contribution in [-0.2, 0) is 0 Å². The van der Waals surface area contributed by atoms with Crippen molar-refractivity contribution < 1.29 is 0 Å². The normalized spacial score (nSPS) is 27.0. The van der Waals surface area contributed by atoms with Crippen molar-refractivity contribution >= 4 is 0 Å². The molecule has 2 N–H and O–H groups in total. The van der Waals surface area contributed by atoms with Crippen molar-refractivity contribution in [3.63, 3.8) is 0 Å². The van der Waals surface area contributed by atoms with Crippen molar-refractivity contribution in [2.24, 2.45) is 0 Å². The van der Waals surface area contributed by atoms with Crippen LogP contribution in [0.1, 0.15) is 38.5 Å². The summed E-state index contributed by atoms with van der Waals surface area (Å²) >= 11 is 0. The fraction of sp³-hybridized carbons (Fsp3) is 1.00. The van der Waals surface area contributed by atoms with Gasteiger partial charge in [-0.25, -0.2) is 0 Å². The predicted octanol–water partition coefficient (Wildman–Crippen LogP) is 1.20. The lowest BCUT2D eigenvalue weighted by molar-refractivity contribution is 0.245. The summed E-state index contributed by atoms with van der Waals surface area (Å²) in [5.41, 5.74) is 0. The van der Waals surface area contributed by atoms with E-state index in [-0.39, 0.29) is 0 Å². The first-order chi connectivity index (χ1) is 7.86. The van der Waals surface area contributed by atoms with Gasteiger partial charge >= 0.3 is 0 Å². The Kier molecular flexibility index (Phi) is 5.07. The van der Waals surface area contributed by atoms with Gasteiger partial charge in [0.15, 0.2) is 0 Å². The highest BCUT2D eigenvalue weighted by atomic mass is 15.1. The molecule has 0 amide bonds. The molecule has 0 spiro atoms. The maximum Gasteiger partial charge on any atom is 0.0192 e. The number of rotatable bonds is 6. The number of nitrogens with zero attached hydrogens (tertiary/aromatic N) is 1. The van der Waals surface area contributed by atoms with Gasteiger partial charge in [0.1, 0.15) is 0 Å². The summed E-state index contributed by atoms with van der Waals surface area (Å²) < 4.78 is 0. The molecule has 0 radical (unpaired) electrons. The lowest BCUT2D eigenvalue weighted by Crippen LogP contribution is -2.39. The molecule has 3 nitrogen and oxygen atoms in total. The van der Waals surface area contributed by atoms with E-state index in [9.17, 15) is 0 Å². The minimum atomic E-state index is 0.733. The fourth-order valence-corrected chi connectivity index (χ4v) is 2.99. The summed E-state index contributed by atoms with van der Waals surface area (Å²) in [7, 11) is 2.28. The molecule has 0 bridgehead atoms. The van der Waals surface area contributed by atoms with Crippen LogP contribution in [0.25, 0.3) is 0 Å². The Morgan fingerprint density at radius 3 is 2.69 bits per heavy atom. The Morgan fingerprint density at radius 1 is 1.19 bits per heavy atom. The third-order valence-electron chi connectivity index (χ3n) is 4.14. The van der Waals surface area contributed by atoms with E-state index in [2.05, 4.69) is 22.6 Å². The van der Waals surface area contributed by atoms with Gasteiger partial charge in [0.05, 0.1) is 0 Å². The van der Waals surface area contributed by atoms with E-state index in [1.54, 1.807) is 0 Å². The second-order valence-corrected chi connectivity index (χ2v) is 5.42. The maximum absolute atomic E-state index is 3.58. The molecule has 2 rings (SSSR count). The molecule has 1 atom stereocenters. The SMILES string of the molecule is CN(CCNCC1CCCN1)C1CCCC1. The Hall–Kier alpha value is -0.120. The van der Waals surface area contributed by atoms with E-state index in [4.69, 9.17) is 0 Å². The van der Waals surface area contributed by atoms with Crippen molar-refractivity contribution in [2.75, 3.05) is 33.2 Å². The van der Waals surface area contributed by atoms with Crippen LogP contribution >= 0.6 is 0 Å². The molecule has 0 aromatic rings. The summed E-state index contributed by atoms with van der Waals surface area (Å²) in [6, 6.07) is 1.60. The first-order valence-electron chi connectivity index (χ1n) is 7.00. The van der Waals surface area contributed by atoms with Gasteiger partial charge < -0.3 is 15.5 Å². The Morgan fingerprint density at radius 2 is 2.00 bits per heavy atom. The second-order valence-electron chi connectivity index (χ2n) is 5.42. The van der Waals surface area contributed by atoms with Crippen molar-refractivity contribution in [1.29, 1.82) is 0 Å². The minimum absolute atomic E-state index is 0.733. The molecule has 2 fully saturated rings. The molecule has 0 aromatic heterocycles. The first kappa shape index (κ1) is 12.3. The second kappa shape index (κ2) is 6.58. The molecule has 1 aliphatic carbocycles. The van der Waals surface area contributed by atoms with Gasteiger partial charge in [0.25, 0.3) is 0 Å². The highest BCUT2D eigenvalue weighted by Crippen LogP contribution is 2.21. The van der Waals surface area contributed by atoms with Crippen LogP contribution in [0.4, 0.5) is 0 Å². The zero-order chi connectivity index (χ0) is 11.2. The van der Waals surface area contributed by atoms with E-state index in [1.807, 2.05) is 0 Å². The average Bonchev–Trinajstić information content (AvgIpc) is 2.96. The standard InChI is InChI=1S/C13H27N3/c1-16(13-6-2-3-7-13)10-9-14-11-12-5-4-8-15-12/h12-15H,2-11H2,1H3. The van der Waals surface area contributed by atoms with Gasteiger partial charge in [-0.05, 0) is 39.3 Å². The molecule has 1 saturated heterocycles. The van der Waals surface area contributed by atoms with Crippen LogP contribution in [0.15, 0.2) is 0 Å². The molecular formula is C13H27N3. The van der Waals surface area contributed by atoms with E-state index in [0.29, 0.717) is 0 Å². The van der Waals surface area contributed by atoms with Crippen LogP contribution in [0, 0.1) is 0 Å². The van der Waals surface area contributed by atoms with Crippen LogP contribution in [0.5, 0.6) is 0 Å². The molecule has 1 aliphatic heterocycles. The van der Waals surface area contributed by atoms with E-state index < -0.39 is 0 Å². The number of likely N-dealkylation sites (N-methyl/N-ethyl adjacent to an activating group) is 1. The van der Waals surface area contributed by atoms with Gasteiger partial charge in [-0.3, -0.25) is 0 Å². The third-order valence-corrected chi connectivity index (χ3v) is 4.14. The largest absolute Gasteiger partial charge is 0.314 e. The molecular weight excluding hydrogens is 198 g/mol. The lowest BCUT2D eigenvalue weighted by Gasteiger charge is -2.24. The molecule has 1 saturated carbocycles. The van der Waals surface area contributed by atoms with Crippen LogP contribution in [-0.4, -0.2) is 50.2 Å². The molecule has 0 aromatic carbocycles. The minimum Gasteiger partial charge on any atom is -0.314 e. The zero-order valence-corrected chi connectivity index (χ0v) is 10.7. The molecule has 1 unspecified atom stereocenters. The molecule has 16 heavy (non-hydrogen) atoms. The Balaban J connectivity index is 1.50. The lowest BCUT2D eigenvalue weighted by atomic mass is 10.2. The van der Waals surface area contributed by atoms with Crippen molar-refractivity contribution in [3.05, 3.63) is 0 Å². The fourth-order valence-electron chi connectivity index (χ4n) is 2.99. The average molecular weight is 225 g/mol. The van der Waals surface area contributed by atoms with Gasteiger partial charge in [-0.15, -0.1) is 0 Å². The zero-order valence-electron chi connectivity index (χ0n) is 10.7. The quantitative estimate of drug-likeness (QED) is 0.665. The summed E-state index contributed by atoms with van der Waals surface area (Å²) in [6.45, 7) is 4.72. The molecule has 2 aliphatic rings. The van der Waals surface area contributed by atoms with E-state index in [0.717, 1.165) is 25.2 Å². The summed E-state index contributed by atoms with van der Waals surface area (Å²) in [6.07, 6.45) is 8.42.